The highest BCUT2D eigenvalue weighted by molar-refractivity contribution is 5.37. The molecule has 0 aliphatic carbocycles. The normalized spacial score (nSPS) is 11.1. The highest BCUT2D eigenvalue weighted by Gasteiger charge is 2.04. The number of benzene rings is 2. The standard InChI is InChI=1S/C18H19NO4/c1-14(7-8-15-5-3-4-6-18(15)22-2)13-23-17-11-9-16(10-12-17)19(20)21/h3-7,9-12H,8,13H2,1-2H3. The predicted molar refractivity (Wildman–Crippen MR) is 89.0 cm³/mol. The van der Waals surface area contributed by atoms with Crippen molar-refractivity contribution in [2.75, 3.05) is 13.7 Å². The molecule has 0 aromatic heterocycles. The summed E-state index contributed by atoms with van der Waals surface area (Å²) in [6, 6.07) is 14.0. The van der Waals surface area contributed by atoms with Crippen molar-refractivity contribution in [2.45, 2.75) is 13.3 Å². The molecular formula is C18H19NO4. The number of nitrogens with zero attached hydrogens (tertiary/aromatic N) is 1. The Labute approximate surface area is 135 Å². The molecule has 2 aromatic carbocycles. The number of allylic oxidation sites excluding steroid dienone is 1. The van der Waals surface area contributed by atoms with Gasteiger partial charge in [0.05, 0.1) is 12.0 Å². The van der Waals surface area contributed by atoms with Gasteiger partial charge < -0.3 is 9.47 Å². The maximum Gasteiger partial charge on any atom is 0.269 e. The van der Waals surface area contributed by atoms with Crippen LogP contribution in [0.15, 0.2) is 60.2 Å². The molecule has 0 heterocycles. The van der Waals surface area contributed by atoms with E-state index in [2.05, 4.69) is 6.08 Å². The Bertz CT molecular complexity index is 692. The van der Waals surface area contributed by atoms with Gasteiger partial charge in [-0.15, -0.1) is 0 Å². The molecule has 2 rings (SSSR count). The SMILES string of the molecule is COc1ccccc1CC=C(C)COc1ccc([N+](=O)[O-])cc1. The molecule has 0 fully saturated rings. The topological polar surface area (TPSA) is 61.6 Å². The second-order valence-electron chi connectivity index (χ2n) is 5.11. The number of ether oxygens (including phenoxy) is 2. The van der Waals surface area contributed by atoms with E-state index in [4.69, 9.17) is 9.47 Å². The van der Waals surface area contributed by atoms with E-state index in [0.717, 1.165) is 23.3 Å². The minimum atomic E-state index is -0.428. The average molecular weight is 313 g/mol. The van der Waals surface area contributed by atoms with Crippen LogP contribution in [-0.4, -0.2) is 18.6 Å². The summed E-state index contributed by atoms with van der Waals surface area (Å²) in [4.78, 5) is 10.2. The Hall–Kier alpha value is -2.82. The van der Waals surface area contributed by atoms with Crippen LogP contribution < -0.4 is 9.47 Å². The molecule has 23 heavy (non-hydrogen) atoms. The van der Waals surface area contributed by atoms with E-state index >= 15 is 0 Å². The van der Waals surface area contributed by atoms with Crippen molar-refractivity contribution in [3.05, 3.63) is 75.9 Å². The van der Waals surface area contributed by atoms with E-state index in [1.807, 2.05) is 31.2 Å². The van der Waals surface area contributed by atoms with Crippen molar-refractivity contribution >= 4 is 5.69 Å². The molecule has 0 radical (unpaired) electrons. The minimum absolute atomic E-state index is 0.0563. The lowest BCUT2D eigenvalue weighted by Gasteiger charge is -2.08. The molecular weight excluding hydrogens is 294 g/mol. The smallest absolute Gasteiger partial charge is 0.269 e. The summed E-state index contributed by atoms with van der Waals surface area (Å²) >= 11 is 0. The lowest BCUT2D eigenvalue weighted by atomic mass is 10.1. The molecule has 5 nitrogen and oxygen atoms in total. The lowest BCUT2D eigenvalue weighted by Crippen LogP contribution is -2.00. The predicted octanol–water partition coefficient (Wildman–Crippen LogP) is 4.17. The van der Waals surface area contributed by atoms with E-state index in [-0.39, 0.29) is 5.69 Å². The lowest BCUT2D eigenvalue weighted by molar-refractivity contribution is -0.384. The van der Waals surface area contributed by atoms with Crippen LogP contribution in [0.4, 0.5) is 5.69 Å². The summed E-state index contributed by atoms with van der Waals surface area (Å²) in [5.41, 5.74) is 2.25. The Balaban J connectivity index is 1.91. The van der Waals surface area contributed by atoms with Gasteiger partial charge in [0.2, 0.25) is 0 Å². The number of rotatable bonds is 7. The van der Waals surface area contributed by atoms with Gasteiger partial charge >= 0.3 is 0 Å². The largest absolute Gasteiger partial charge is 0.496 e. The second kappa shape index (κ2) is 7.98. The van der Waals surface area contributed by atoms with Crippen LogP contribution in [0, 0.1) is 10.1 Å². The number of hydrogen-bond donors (Lipinski definition) is 0. The molecule has 0 N–H and O–H groups in total. The zero-order chi connectivity index (χ0) is 16.7. The Morgan fingerprint density at radius 1 is 1.17 bits per heavy atom. The molecule has 0 aliphatic heterocycles. The van der Waals surface area contributed by atoms with Gasteiger partial charge in [-0.05, 0) is 42.7 Å². The van der Waals surface area contributed by atoms with E-state index in [1.165, 1.54) is 12.1 Å². The van der Waals surface area contributed by atoms with Crippen LogP contribution in [0.3, 0.4) is 0 Å². The van der Waals surface area contributed by atoms with Crippen molar-refractivity contribution in [3.8, 4) is 11.5 Å². The summed E-state index contributed by atoms with van der Waals surface area (Å²) < 4.78 is 10.9. The molecule has 0 spiro atoms. The highest BCUT2D eigenvalue weighted by atomic mass is 16.6. The first-order valence-corrected chi connectivity index (χ1v) is 7.25. The summed E-state index contributed by atoms with van der Waals surface area (Å²) in [5.74, 6) is 1.48. The Morgan fingerprint density at radius 3 is 2.52 bits per heavy atom. The monoisotopic (exact) mass is 313 g/mol. The van der Waals surface area contributed by atoms with E-state index in [0.29, 0.717) is 12.4 Å². The van der Waals surface area contributed by atoms with Crippen molar-refractivity contribution < 1.29 is 14.4 Å². The van der Waals surface area contributed by atoms with Crippen LogP contribution in [0.25, 0.3) is 0 Å². The molecule has 0 amide bonds. The number of nitro benzene ring substituents is 1. The highest BCUT2D eigenvalue weighted by Crippen LogP contribution is 2.20. The van der Waals surface area contributed by atoms with Gasteiger partial charge in [-0.1, -0.05) is 24.3 Å². The molecule has 5 heteroatoms. The fourth-order valence-electron chi connectivity index (χ4n) is 2.08. The first kappa shape index (κ1) is 16.5. The van der Waals surface area contributed by atoms with E-state index in [1.54, 1.807) is 19.2 Å². The maximum absolute atomic E-state index is 10.6. The second-order valence-corrected chi connectivity index (χ2v) is 5.11. The van der Waals surface area contributed by atoms with Gasteiger partial charge in [-0.3, -0.25) is 10.1 Å². The molecule has 0 atom stereocenters. The Kier molecular flexibility index (Phi) is 5.74. The molecule has 0 unspecified atom stereocenters. The third-order valence-corrected chi connectivity index (χ3v) is 3.38. The van der Waals surface area contributed by atoms with Crippen molar-refractivity contribution in [1.29, 1.82) is 0 Å². The zero-order valence-corrected chi connectivity index (χ0v) is 13.2. The van der Waals surface area contributed by atoms with Crippen LogP contribution in [0.5, 0.6) is 11.5 Å². The summed E-state index contributed by atoms with van der Waals surface area (Å²) in [5, 5.41) is 10.6. The Morgan fingerprint density at radius 2 is 1.87 bits per heavy atom. The molecule has 0 saturated carbocycles. The van der Waals surface area contributed by atoms with Gasteiger partial charge in [0, 0.05) is 12.1 Å². The summed E-state index contributed by atoms with van der Waals surface area (Å²) in [6.45, 7) is 2.42. The van der Waals surface area contributed by atoms with Crippen LogP contribution in [0.1, 0.15) is 12.5 Å². The van der Waals surface area contributed by atoms with Gasteiger partial charge in [0.15, 0.2) is 0 Å². The maximum atomic E-state index is 10.6. The van der Waals surface area contributed by atoms with Crippen molar-refractivity contribution in [3.63, 3.8) is 0 Å². The molecule has 120 valence electrons. The quantitative estimate of drug-likeness (QED) is 0.437. The number of non-ortho nitro benzene ring substituents is 1. The average Bonchev–Trinajstić information content (AvgIpc) is 2.58. The fraction of sp³-hybridized carbons (Fsp3) is 0.222. The van der Waals surface area contributed by atoms with Gasteiger partial charge in [0.25, 0.3) is 5.69 Å². The van der Waals surface area contributed by atoms with Crippen LogP contribution in [-0.2, 0) is 6.42 Å². The van der Waals surface area contributed by atoms with E-state index < -0.39 is 4.92 Å². The van der Waals surface area contributed by atoms with Gasteiger partial charge in [0.1, 0.15) is 18.1 Å². The summed E-state index contributed by atoms with van der Waals surface area (Å²) in [6.07, 6.45) is 2.85. The van der Waals surface area contributed by atoms with Crippen LogP contribution >= 0.6 is 0 Å². The fourth-order valence-corrected chi connectivity index (χ4v) is 2.08. The van der Waals surface area contributed by atoms with Crippen molar-refractivity contribution in [1.82, 2.24) is 0 Å². The number of methoxy groups -OCH3 is 1. The number of nitro groups is 1. The molecule has 0 saturated heterocycles. The molecule has 0 aliphatic rings. The van der Waals surface area contributed by atoms with Gasteiger partial charge in [-0.25, -0.2) is 0 Å². The third-order valence-electron chi connectivity index (χ3n) is 3.38. The molecule has 0 bridgehead atoms. The first-order chi connectivity index (χ1) is 11.1. The first-order valence-electron chi connectivity index (χ1n) is 7.25. The molecule has 2 aromatic rings. The van der Waals surface area contributed by atoms with Crippen LogP contribution in [0.2, 0.25) is 0 Å². The van der Waals surface area contributed by atoms with Crippen molar-refractivity contribution in [2.24, 2.45) is 0 Å². The third kappa shape index (κ3) is 4.85. The summed E-state index contributed by atoms with van der Waals surface area (Å²) in [7, 11) is 1.66. The number of hydrogen-bond acceptors (Lipinski definition) is 4. The van der Waals surface area contributed by atoms with E-state index in [9.17, 15) is 10.1 Å². The zero-order valence-electron chi connectivity index (χ0n) is 13.2. The number of para-hydroxylation sites is 1. The van der Waals surface area contributed by atoms with Gasteiger partial charge in [-0.2, -0.15) is 0 Å². The minimum Gasteiger partial charge on any atom is -0.496 e.